The molecule has 0 aromatic rings. The molecule has 0 aromatic heterocycles. The van der Waals surface area contributed by atoms with Gasteiger partial charge in [0.05, 0.1) is 8.60 Å². The second-order valence-corrected chi connectivity index (χ2v) is 2.15. The van der Waals surface area contributed by atoms with Crippen LogP contribution in [0.25, 0.3) is 0 Å². The Kier molecular flexibility index (Phi) is 27.6. The van der Waals surface area contributed by atoms with Gasteiger partial charge in [-0.1, -0.05) is 0 Å². The number of hydrogen-bond donors (Lipinski definition) is 0. The van der Waals surface area contributed by atoms with Crippen LogP contribution >= 0.6 is 8.60 Å². The predicted octanol–water partition coefficient (Wildman–Crippen LogP) is -2.71. The zero-order valence-corrected chi connectivity index (χ0v) is 10.5. The van der Waals surface area contributed by atoms with E-state index in [-0.39, 0.29) is 29.6 Å². The molecule has 0 saturated carbocycles. The summed E-state index contributed by atoms with van der Waals surface area (Å²) in [7, 11) is 2.32. The van der Waals surface area contributed by atoms with Gasteiger partial charge in [-0.2, -0.15) is 0 Å². The molecule has 12 heavy (non-hydrogen) atoms. The number of rotatable bonds is 4. The molecular formula is C5H10BNNaO3P. The molecule has 4 nitrogen and oxygen atoms in total. The third kappa shape index (κ3) is 22.4. The molecular weight excluding hydrogens is 187 g/mol. The minimum absolute atomic E-state index is 0. The van der Waals surface area contributed by atoms with E-state index < -0.39 is 8.60 Å². The Hall–Kier alpha value is 0.865. The summed E-state index contributed by atoms with van der Waals surface area (Å²) in [5.74, 6) is 1.25. The summed E-state index contributed by atoms with van der Waals surface area (Å²) in [5.41, 5.74) is 0. The van der Waals surface area contributed by atoms with Gasteiger partial charge in [-0.3, -0.25) is 0 Å². The second-order valence-electron chi connectivity index (χ2n) is 1.19. The van der Waals surface area contributed by atoms with Crippen molar-refractivity contribution in [1.82, 2.24) is 0 Å². The molecule has 0 aliphatic rings. The van der Waals surface area contributed by atoms with Gasteiger partial charge in [-0.05, 0) is 19.8 Å². The summed E-state index contributed by atoms with van der Waals surface area (Å²) in [6, 6.07) is 0. The molecule has 7 heteroatoms. The topological polar surface area (TPSA) is 65.3 Å². The van der Waals surface area contributed by atoms with Crippen molar-refractivity contribution in [3.05, 3.63) is 0 Å². The van der Waals surface area contributed by atoms with E-state index in [0.717, 1.165) is 0 Å². The summed E-state index contributed by atoms with van der Waals surface area (Å²) in [6.07, 6.45) is 0. The molecule has 0 amide bonds. The van der Waals surface area contributed by atoms with Crippen molar-refractivity contribution in [3.63, 3.8) is 0 Å². The van der Waals surface area contributed by atoms with Crippen molar-refractivity contribution < 1.29 is 43.5 Å². The fourth-order valence-corrected chi connectivity index (χ4v) is 0.744. The maximum Gasteiger partial charge on any atom is 1.00 e. The number of hydrogen-bond acceptors (Lipinski definition) is 4. The number of nitriles is 1. The van der Waals surface area contributed by atoms with Crippen LogP contribution < -0.4 is 34.5 Å². The molecule has 0 fully saturated rings. The molecule has 0 aliphatic carbocycles. The maximum absolute atomic E-state index is 10.3. The molecule has 2 radical (unpaired) electrons. The van der Waals surface area contributed by atoms with Crippen molar-refractivity contribution in [2.75, 3.05) is 13.2 Å². The largest absolute Gasteiger partial charge is 1.00 e. The minimum Gasteiger partial charge on any atom is -0.786 e. The quantitative estimate of drug-likeness (QED) is 0.363. The zero-order chi connectivity index (χ0) is 9.11. The van der Waals surface area contributed by atoms with Gasteiger partial charge < -0.3 is 13.9 Å². The van der Waals surface area contributed by atoms with Crippen LogP contribution in [0.4, 0.5) is 0 Å². The van der Waals surface area contributed by atoms with Crippen molar-refractivity contribution in [2.45, 2.75) is 13.8 Å². The minimum atomic E-state index is -1.83. The van der Waals surface area contributed by atoms with Gasteiger partial charge in [0.25, 0.3) is 0 Å². The Morgan fingerprint density at radius 3 is 1.83 bits per heavy atom. The van der Waals surface area contributed by atoms with Gasteiger partial charge in [-0.25, -0.2) is 5.26 Å². The fraction of sp³-hybridized carbons (Fsp3) is 0.800. The Morgan fingerprint density at radius 1 is 1.42 bits per heavy atom. The monoisotopic (exact) mass is 197 g/mol. The molecule has 0 heterocycles. The molecule has 0 bridgehead atoms. The summed E-state index contributed by atoms with van der Waals surface area (Å²) in [5, 5.41) is 7.10. The van der Waals surface area contributed by atoms with Crippen molar-refractivity contribution in [1.29, 1.82) is 5.26 Å². The first-order chi connectivity index (χ1) is 5.22. The molecule has 0 aromatic carbocycles. The van der Waals surface area contributed by atoms with E-state index in [2.05, 4.69) is 16.9 Å². The molecule has 0 spiro atoms. The van der Waals surface area contributed by atoms with E-state index in [9.17, 15) is 4.89 Å². The van der Waals surface area contributed by atoms with Gasteiger partial charge >= 0.3 is 29.6 Å². The van der Waals surface area contributed by atoms with E-state index in [4.69, 9.17) is 5.26 Å². The summed E-state index contributed by atoms with van der Waals surface area (Å²) in [4.78, 5) is 10.3. The van der Waals surface area contributed by atoms with E-state index in [1.54, 1.807) is 13.8 Å². The van der Waals surface area contributed by atoms with Gasteiger partial charge in [0.1, 0.15) is 0 Å². The van der Waals surface area contributed by atoms with Crippen LogP contribution in [0.1, 0.15) is 13.8 Å². The zero-order valence-electron chi connectivity index (χ0n) is 7.61. The van der Waals surface area contributed by atoms with Gasteiger partial charge in [-0.15, -0.1) is 0 Å². The molecule has 62 valence electrons. The summed E-state index contributed by atoms with van der Waals surface area (Å²) >= 11 is 0. The molecule has 0 atom stereocenters. The second kappa shape index (κ2) is 17.8. The average molecular weight is 197 g/mol. The van der Waals surface area contributed by atoms with Crippen LogP contribution in [0.2, 0.25) is 0 Å². The smallest absolute Gasteiger partial charge is 0.786 e. The molecule has 0 aliphatic heterocycles. The average Bonchev–Trinajstić information content (AvgIpc) is 1.90. The first-order valence-corrected chi connectivity index (χ1v) is 4.15. The first-order valence-electron chi connectivity index (χ1n) is 3.05. The first kappa shape index (κ1) is 18.6. The Bertz CT molecular complexity index is 107. The van der Waals surface area contributed by atoms with Gasteiger partial charge in [0.2, 0.25) is 7.85 Å². The summed E-state index contributed by atoms with van der Waals surface area (Å²) < 4.78 is 9.14. The Morgan fingerprint density at radius 2 is 1.67 bits per heavy atom. The SMILES string of the molecule is CCOP([O-])OCC.[B]C#N.[Na+]. The van der Waals surface area contributed by atoms with E-state index >= 15 is 0 Å². The Labute approximate surface area is 97.9 Å². The normalized spacial score (nSPS) is 7.58. The Balaban J connectivity index is -0.000000177. The summed E-state index contributed by atoms with van der Waals surface area (Å²) in [6.45, 7) is 4.42. The van der Waals surface area contributed by atoms with Crippen LogP contribution in [0.5, 0.6) is 0 Å². The van der Waals surface area contributed by atoms with Gasteiger partial charge in [0.15, 0.2) is 0 Å². The number of nitrogens with zero attached hydrogens (tertiary/aromatic N) is 1. The molecule has 0 unspecified atom stereocenters. The van der Waals surface area contributed by atoms with Crippen LogP contribution in [0.15, 0.2) is 0 Å². The van der Waals surface area contributed by atoms with Crippen molar-refractivity contribution >= 4 is 16.4 Å². The van der Waals surface area contributed by atoms with Crippen LogP contribution in [-0.4, -0.2) is 21.1 Å². The molecule has 0 rings (SSSR count). The molecule has 0 N–H and O–H groups in total. The predicted molar refractivity (Wildman–Crippen MR) is 41.5 cm³/mol. The molecule has 0 saturated heterocycles. The van der Waals surface area contributed by atoms with Crippen molar-refractivity contribution in [2.24, 2.45) is 0 Å². The van der Waals surface area contributed by atoms with Crippen LogP contribution in [-0.2, 0) is 9.05 Å². The fourth-order valence-electron chi connectivity index (χ4n) is 0.248. The maximum atomic E-state index is 10.3. The van der Waals surface area contributed by atoms with Gasteiger partial charge in [0, 0.05) is 13.2 Å². The van der Waals surface area contributed by atoms with E-state index in [1.807, 2.05) is 0 Å². The van der Waals surface area contributed by atoms with E-state index in [1.165, 1.54) is 5.97 Å². The van der Waals surface area contributed by atoms with Crippen LogP contribution in [0, 0.1) is 11.2 Å². The van der Waals surface area contributed by atoms with Crippen molar-refractivity contribution in [3.8, 4) is 5.97 Å². The van der Waals surface area contributed by atoms with E-state index in [0.29, 0.717) is 13.2 Å². The standard InChI is InChI=1S/C4H10O3P.CBN.Na/c1-3-6-8(5)7-4-2;2-1-3;/h3-4H2,1-2H3;;/q-1;;+1. The third-order valence-electron chi connectivity index (χ3n) is 0.469. The van der Waals surface area contributed by atoms with Crippen LogP contribution in [0.3, 0.4) is 0 Å². The third-order valence-corrected chi connectivity index (χ3v) is 1.41.